The first-order valence-corrected chi connectivity index (χ1v) is 9.63. The molecule has 3 aromatic rings. The van der Waals surface area contributed by atoms with Crippen molar-refractivity contribution in [3.05, 3.63) is 81.6 Å². The van der Waals surface area contributed by atoms with Gasteiger partial charge in [-0.05, 0) is 67.8 Å². The summed E-state index contributed by atoms with van der Waals surface area (Å²) in [6.45, 7) is 7.59. The quantitative estimate of drug-likeness (QED) is 0.629. The van der Waals surface area contributed by atoms with Gasteiger partial charge in [0.1, 0.15) is 12.4 Å². The molecular formula is C22H24ClN3O2. The molecule has 1 heterocycles. The normalized spacial score (nSPS) is 10.7. The van der Waals surface area contributed by atoms with Crippen LogP contribution in [0.25, 0.3) is 0 Å². The second-order valence-electron chi connectivity index (χ2n) is 6.70. The Morgan fingerprint density at radius 2 is 1.82 bits per heavy atom. The molecule has 0 aliphatic rings. The summed E-state index contributed by atoms with van der Waals surface area (Å²) in [5.74, 6) is 0.662. The second-order valence-corrected chi connectivity index (χ2v) is 7.08. The fraction of sp³-hybridized carbons (Fsp3) is 0.273. The van der Waals surface area contributed by atoms with E-state index in [-0.39, 0.29) is 5.91 Å². The average Bonchev–Trinajstić information content (AvgIpc) is 3.17. The van der Waals surface area contributed by atoms with Crippen LogP contribution in [0, 0.1) is 13.8 Å². The maximum Gasteiger partial charge on any atom is 0.251 e. The molecule has 0 saturated heterocycles. The number of hydrogen-bond donors (Lipinski definition) is 1. The number of nitrogens with one attached hydrogen (secondary N) is 1. The molecule has 1 amide bonds. The highest BCUT2D eigenvalue weighted by molar-refractivity contribution is 6.32. The summed E-state index contributed by atoms with van der Waals surface area (Å²) in [6, 6.07) is 13.2. The van der Waals surface area contributed by atoms with Crippen LogP contribution in [-0.4, -0.2) is 15.7 Å². The molecule has 0 fully saturated rings. The summed E-state index contributed by atoms with van der Waals surface area (Å²) >= 11 is 6.19. The smallest absolute Gasteiger partial charge is 0.251 e. The number of halogens is 1. The van der Waals surface area contributed by atoms with E-state index in [9.17, 15) is 4.79 Å². The van der Waals surface area contributed by atoms with Crippen LogP contribution in [0.5, 0.6) is 5.75 Å². The maximum atomic E-state index is 12.3. The Kier molecular flexibility index (Phi) is 6.37. The van der Waals surface area contributed by atoms with E-state index in [0.717, 1.165) is 39.7 Å². The van der Waals surface area contributed by atoms with E-state index in [1.807, 2.05) is 62.0 Å². The largest absolute Gasteiger partial charge is 0.489 e. The van der Waals surface area contributed by atoms with Crippen molar-refractivity contribution in [1.29, 1.82) is 0 Å². The SMILES string of the molecule is CCn1ccc(CNC(=O)c2ccc(COc3cc(C)c(Cl)c(C)c3)cc2)n1. The molecule has 146 valence electrons. The third kappa shape index (κ3) is 4.93. The summed E-state index contributed by atoms with van der Waals surface area (Å²) in [4.78, 5) is 12.3. The van der Waals surface area contributed by atoms with Gasteiger partial charge in [-0.3, -0.25) is 9.48 Å². The third-order valence-corrected chi connectivity index (χ3v) is 5.08. The van der Waals surface area contributed by atoms with Crippen molar-refractivity contribution >= 4 is 17.5 Å². The summed E-state index contributed by atoms with van der Waals surface area (Å²) in [6.07, 6.45) is 1.90. The molecule has 0 saturated carbocycles. The predicted molar refractivity (Wildman–Crippen MR) is 111 cm³/mol. The van der Waals surface area contributed by atoms with E-state index in [4.69, 9.17) is 16.3 Å². The molecule has 3 rings (SSSR count). The molecule has 2 aromatic carbocycles. The van der Waals surface area contributed by atoms with Crippen molar-refractivity contribution in [2.24, 2.45) is 0 Å². The summed E-state index contributed by atoms with van der Waals surface area (Å²) in [5, 5.41) is 8.01. The number of nitrogens with zero attached hydrogens (tertiary/aromatic N) is 2. The van der Waals surface area contributed by atoms with Gasteiger partial charge in [-0.15, -0.1) is 0 Å². The lowest BCUT2D eigenvalue weighted by atomic mass is 10.1. The van der Waals surface area contributed by atoms with Gasteiger partial charge >= 0.3 is 0 Å². The number of amides is 1. The highest BCUT2D eigenvalue weighted by Crippen LogP contribution is 2.26. The van der Waals surface area contributed by atoms with Gasteiger partial charge in [0, 0.05) is 23.3 Å². The van der Waals surface area contributed by atoms with Crippen molar-refractivity contribution < 1.29 is 9.53 Å². The van der Waals surface area contributed by atoms with E-state index in [2.05, 4.69) is 10.4 Å². The van der Waals surface area contributed by atoms with Gasteiger partial charge in [0.2, 0.25) is 0 Å². The van der Waals surface area contributed by atoms with Crippen LogP contribution >= 0.6 is 11.6 Å². The first-order chi connectivity index (χ1) is 13.5. The van der Waals surface area contributed by atoms with E-state index < -0.39 is 0 Å². The highest BCUT2D eigenvalue weighted by Gasteiger charge is 2.08. The molecule has 5 nitrogen and oxygen atoms in total. The summed E-state index contributed by atoms with van der Waals surface area (Å²) in [7, 11) is 0. The van der Waals surface area contributed by atoms with Gasteiger partial charge in [-0.25, -0.2) is 0 Å². The molecule has 0 aliphatic heterocycles. The number of carbonyl (C=O) groups excluding carboxylic acids is 1. The lowest BCUT2D eigenvalue weighted by Gasteiger charge is -2.10. The molecule has 1 N–H and O–H groups in total. The zero-order valence-corrected chi connectivity index (χ0v) is 17.1. The van der Waals surface area contributed by atoms with Crippen LogP contribution in [0.3, 0.4) is 0 Å². The first-order valence-electron chi connectivity index (χ1n) is 9.25. The van der Waals surface area contributed by atoms with Gasteiger partial charge in [0.15, 0.2) is 0 Å². The van der Waals surface area contributed by atoms with Crippen LogP contribution in [0.1, 0.15) is 39.7 Å². The lowest BCUT2D eigenvalue weighted by molar-refractivity contribution is 0.0950. The van der Waals surface area contributed by atoms with Crippen molar-refractivity contribution in [3.63, 3.8) is 0 Å². The average molecular weight is 398 g/mol. The summed E-state index contributed by atoms with van der Waals surface area (Å²) in [5.41, 5.74) is 4.43. The molecule has 0 aliphatic carbocycles. The predicted octanol–water partition coefficient (Wildman–Crippen LogP) is 4.68. The van der Waals surface area contributed by atoms with E-state index in [1.165, 1.54) is 0 Å². The van der Waals surface area contributed by atoms with Crippen LogP contribution in [-0.2, 0) is 19.7 Å². The number of benzene rings is 2. The number of hydrogen-bond acceptors (Lipinski definition) is 3. The molecule has 0 spiro atoms. The van der Waals surface area contributed by atoms with Gasteiger partial charge in [0.05, 0.1) is 12.2 Å². The van der Waals surface area contributed by atoms with Gasteiger partial charge in [0.25, 0.3) is 5.91 Å². The molecule has 0 radical (unpaired) electrons. The van der Waals surface area contributed by atoms with Crippen LogP contribution < -0.4 is 10.1 Å². The Morgan fingerprint density at radius 3 is 2.43 bits per heavy atom. The molecule has 0 unspecified atom stereocenters. The maximum absolute atomic E-state index is 12.3. The van der Waals surface area contributed by atoms with Crippen molar-refractivity contribution in [2.45, 2.75) is 40.5 Å². The zero-order chi connectivity index (χ0) is 20.1. The second kappa shape index (κ2) is 8.93. The minimum atomic E-state index is -0.123. The number of ether oxygens (including phenoxy) is 1. The zero-order valence-electron chi connectivity index (χ0n) is 16.3. The Morgan fingerprint density at radius 1 is 1.14 bits per heavy atom. The number of aryl methyl sites for hydroxylation is 3. The minimum absolute atomic E-state index is 0.123. The monoisotopic (exact) mass is 397 g/mol. The van der Waals surface area contributed by atoms with Crippen molar-refractivity contribution in [2.75, 3.05) is 0 Å². The van der Waals surface area contributed by atoms with Crippen LogP contribution in [0.2, 0.25) is 5.02 Å². The summed E-state index contributed by atoms with van der Waals surface area (Å²) < 4.78 is 7.69. The van der Waals surface area contributed by atoms with Gasteiger partial charge in [-0.2, -0.15) is 5.10 Å². The Hall–Kier alpha value is -2.79. The molecule has 28 heavy (non-hydrogen) atoms. The molecule has 0 bridgehead atoms. The first kappa shape index (κ1) is 20.0. The van der Waals surface area contributed by atoms with E-state index >= 15 is 0 Å². The lowest BCUT2D eigenvalue weighted by Crippen LogP contribution is -2.23. The Bertz CT molecular complexity index is 941. The van der Waals surface area contributed by atoms with E-state index in [0.29, 0.717) is 18.7 Å². The van der Waals surface area contributed by atoms with E-state index in [1.54, 1.807) is 12.1 Å². The van der Waals surface area contributed by atoms with Gasteiger partial charge in [-0.1, -0.05) is 23.7 Å². The highest BCUT2D eigenvalue weighted by atomic mass is 35.5. The molecule has 1 aromatic heterocycles. The van der Waals surface area contributed by atoms with Crippen molar-refractivity contribution in [3.8, 4) is 5.75 Å². The third-order valence-electron chi connectivity index (χ3n) is 4.48. The number of carbonyl (C=O) groups is 1. The van der Waals surface area contributed by atoms with Crippen LogP contribution in [0.4, 0.5) is 0 Å². The minimum Gasteiger partial charge on any atom is -0.489 e. The van der Waals surface area contributed by atoms with Crippen molar-refractivity contribution in [1.82, 2.24) is 15.1 Å². The molecule has 6 heteroatoms. The molecule has 0 atom stereocenters. The number of aromatic nitrogens is 2. The fourth-order valence-electron chi connectivity index (χ4n) is 2.86. The number of rotatable bonds is 7. The Labute approximate surface area is 170 Å². The topological polar surface area (TPSA) is 56.2 Å². The van der Waals surface area contributed by atoms with Gasteiger partial charge < -0.3 is 10.1 Å². The Balaban J connectivity index is 1.54. The standard InChI is InChI=1S/C22H24ClN3O2/c1-4-26-10-9-19(25-26)13-24-22(27)18-7-5-17(6-8-18)14-28-20-11-15(2)21(23)16(3)12-20/h5-12H,4,13-14H2,1-3H3,(H,24,27). The van der Waals surface area contributed by atoms with Crippen LogP contribution in [0.15, 0.2) is 48.7 Å². The fourth-order valence-corrected chi connectivity index (χ4v) is 2.96. The molecular weight excluding hydrogens is 374 g/mol.